The topological polar surface area (TPSA) is 81.8 Å². The number of benzene rings is 2. The maximum Gasteiger partial charge on any atom is 0.340 e. The van der Waals surface area contributed by atoms with Gasteiger partial charge < -0.3 is 18.6 Å². The Bertz CT molecular complexity index is 1600. The summed E-state index contributed by atoms with van der Waals surface area (Å²) in [6.07, 6.45) is 1.50. The van der Waals surface area contributed by atoms with Gasteiger partial charge in [0.2, 0.25) is 0 Å². The minimum Gasteiger partial charge on any atom is -0.484 e. The molecule has 2 aliphatic heterocycles. The van der Waals surface area contributed by atoms with Crippen LogP contribution in [0, 0.1) is 12.8 Å². The number of fused-ring (bicyclic) bond motifs is 5. The number of likely N-dealkylation sites (tertiary alicyclic amines) is 1. The monoisotopic (exact) mass is 496 g/mol. The molecule has 1 amide bonds. The number of pyridine rings is 1. The Kier molecular flexibility index (Phi) is 5.91. The molecule has 188 valence electrons. The summed E-state index contributed by atoms with van der Waals surface area (Å²) in [5, 5.41) is 0.849. The summed E-state index contributed by atoms with van der Waals surface area (Å²) in [6, 6.07) is 20.6. The van der Waals surface area contributed by atoms with E-state index in [1.807, 2.05) is 64.9 Å². The number of carbonyl (C=O) groups is 1. The van der Waals surface area contributed by atoms with E-state index in [0.29, 0.717) is 43.0 Å². The minimum absolute atomic E-state index is 0.0284. The summed E-state index contributed by atoms with van der Waals surface area (Å²) < 4.78 is 13.3. The Hall–Kier alpha value is -4.13. The zero-order valence-electron chi connectivity index (χ0n) is 20.7. The quantitative estimate of drug-likeness (QED) is 0.392. The molecule has 4 aromatic rings. The number of amides is 1. The van der Waals surface area contributed by atoms with Crippen LogP contribution in [0.15, 0.2) is 80.7 Å². The molecule has 2 bridgehead atoms. The molecule has 0 unspecified atom stereocenters. The van der Waals surface area contributed by atoms with E-state index in [1.54, 1.807) is 18.2 Å². The van der Waals surface area contributed by atoms with Crippen molar-refractivity contribution in [1.82, 2.24) is 9.47 Å². The van der Waals surface area contributed by atoms with E-state index in [1.165, 1.54) is 0 Å². The lowest BCUT2D eigenvalue weighted by Gasteiger charge is -2.42. The van der Waals surface area contributed by atoms with Gasteiger partial charge in [-0.2, -0.15) is 0 Å². The van der Waals surface area contributed by atoms with Crippen LogP contribution in [-0.4, -0.2) is 35.1 Å². The van der Waals surface area contributed by atoms with Crippen LogP contribution in [0.2, 0.25) is 0 Å². The van der Waals surface area contributed by atoms with Crippen molar-refractivity contribution >= 4 is 16.9 Å². The van der Waals surface area contributed by atoms with E-state index in [9.17, 15) is 14.4 Å². The molecule has 6 rings (SSSR count). The second-order valence-electron chi connectivity index (χ2n) is 10.1. The highest BCUT2D eigenvalue weighted by atomic mass is 16.5. The van der Waals surface area contributed by atoms with Gasteiger partial charge in [-0.15, -0.1) is 0 Å². The molecule has 2 aromatic heterocycles. The normalized spacial score (nSPS) is 18.5. The molecule has 1 fully saturated rings. The van der Waals surface area contributed by atoms with E-state index in [0.717, 1.165) is 28.6 Å². The SMILES string of the molecule is Cc1c(Cc2ccccc2)c(=O)oc2cc(OCC(=O)N3C[C@@H]4C[C@H](C3)c3cccc(=O)n3C4)ccc12. The van der Waals surface area contributed by atoms with Crippen molar-refractivity contribution in [3.63, 3.8) is 0 Å². The first kappa shape index (κ1) is 23.3. The first-order valence-corrected chi connectivity index (χ1v) is 12.7. The Morgan fingerprint density at radius 2 is 1.84 bits per heavy atom. The number of rotatable bonds is 5. The van der Waals surface area contributed by atoms with Gasteiger partial charge in [0.25, 0.3) is 11.5 Å². The average Bonchev–Trinajstić information content (AvgIpc) is 2.90. The van der Waals surface area contributed by atoms with Gasteiger partial charge in [-0.25, -0.2) is 4.79 Å². The van der Waals surface area contributed by atoms with Crippen molar-refractivity contribution in [3.8, 4) is 5.75 Å². The van der Waals surface area contributed by atoms with Gasteiger partial charge in [-0.05, 0) is 48.6 Å². The summed E-state index contributed by atoms with van der Waals surface area (Å²) in [5.74, 6) is 0.817. The van der Waals surface area contributed by atoms with E-state index in [2.05, 4.69) is 0 Å². The highest BCUT2D eigenvalue weighted by Crippen LogP contribution is 2.35. The predicted octanol–water partition coefficient (Wildman–Crippen LogP) is 3.88. The Balaban J connectivity index is 1.16. The molecule has 2 atom stereocenters. The summed E-state index contributed by atoms with van der Waals surface area (Å²) in [7, 11) is 0. The standard InChI is InChI=1S/C30H28N2O5/c1-19-24-11-10-23(14-27(24)37-30(35)25(19)13-20-6-3-2-4-7-20)36-18-29(34)31-15-21-12-22(17-31)26-8-5-9-28(33)32(26)16-21/h2-11,14,21-22H,12-13,15-18H2,1H3/t21-,22+/m0/s1. The van der Waals surface area contributed by atoms with Crippen molar-refractivity contribution in [2.45, 2.75) is 32.2 Å². The predicted molar refractivity (Wildman–Crippen MR) is 140 cm³/mol. The van der Waals surface area contributed by atoms with E-state index in [4.69, 9.17) is 9.15 Å². The molecule has 1 saturated heterocycles. The Morgan fingerprint density at radius 1 is 1.00 bits per heavy atom. The number of ether oxygens (including phenoxy) is 1. The lowest BCUT2D eigenvalue weighted by atomic mass is 9.83. The van der Waals surface area contributed by atoms with Crippen molar-refractivity contribution in [3.05, 3.63) is 110 Å². The van der Waals surface area contributed by atoms with Crippen molar-refractivity contribution in [2.24, 2.45) is 5.92 Å². The molecule has 7 nitrogen and oxygen atoms in total. The number of hydrogen-bond donors (Lipinski definition) is 0. The molecule has 0 N–H and O–H groups in total. The molecule has 0 saturated carbocycles. The van der Waals surface area contributed by atoms with Crippen LogP contribution in [0.1, 0.15) is 34.7 Å². The zero-order valence-corrected chi connectivity index (χ0v) is 20.7. The zero-order chi connectivity index (χ0) is 25.5. The third-order valence-electron chi connectivity index (χ3n) is 7.68. The second kappa shape index (κ2) is 9.39. The third-order valence-corrected chi connectivity index (χ3v) is 7.68. The highest BCUT2D eigenvalue weighted by Gasteiger charge is 2.36. The smallest absolute Gasteiger partial charge is 0.340 e. The van der Waals surface area contributed by atoms with E-state index >= 15 is 0 Å². The number of aromatic nitrogens is 1. The minimum atomic E-state index is -0.360. The van der Waals surface area contributed by atoms with Crippen LogP contribution in [-0.2, 0) is 17.8 Å². The van der Waals surface area contributed by atoms with Gasteiger partial charge >= 0.3 is 5.63 Å². The molecule has 37 heavy (non-hydrogen) atoms. The molecular weight excluding hydrogens is 468 g/mol. The van der Waals surface area contributed by atoms with Crippen LogP contribution < -0.4 is 15.9 Å². The van der Waals surface area contributed by atoms with Gasteiger partial charge in [0, 0.05) is 60.7 Å². The van der Waals surface area contributed by atoms with Crippen molar-refractivity contribution < 1.29 is 13.9 Å². The van der Waals surface area contributed by atoms with Gasteiger partial charge in [0.15, 0.2) is 6.61 Å². The lowest BCUT2D eigenvalue weighted by molar-refractivity contribution is -0.136. The molecule has 0 spiro atoms. The van der Waals surface area contributed by atoms with Crippen LogP contribution in [0.4, 0.5) is 0 Å². The van der Waals surface area contributed by atoms with Crippen molar-refractivity contribution in [1.29, 1.82) is 0 Å². The average molecular weight is 497 g/mol. The first-order chi connectivity index (χ1) is 18.0. The molecule has 4 heterocycles. The van der Waals surface area contributed by atoms with Gasteiger partial charge in [-0.3, -0.25) is 9.59 Å². The van der Waals surface area contributed by atoms with Gasteiger partial charge in [0.1, 0.15) is 11.3 Å². The van der Waals surface area contributed by atoms with Gasteiger partial charge in [0.05, 0.1) is 0 Å². The molecule has 0 radical (unpaired) electrons. The number of aryl methyl sites for hydroxylation is 1. The maximum absolute atomic E-state index is 13.0. The molecule has 7 heteroatoms. The first-order valence-electron chi connectivity index (χ1n) is 12.7. The van der Waals surface area contributed by atoms with Gasteiger partial charge in [-0.1, -0.05) is 36.4 Å². The van der Waals surface area contributed by atoms with Crippen LogP contribution in [0.5, 0.6) is 5.75 Å². The van der Waals surface area contributed by atoms with Crippen molar-refractivity contribution in [2.75, 3.05) is 19.7 Å². The summed E-state index contributed by atoms with van der Waals surface area (Å²) in [6.45, 7) is 3.68. The molecular formula is C30H28N2O5. The highest BCUT2D eigenvalue weighted by molar-refractivity contribution is 5.83. The summed E-state index contributed by atoms with van der Waals surface area (Å²) in [5.41, 5.74) is 3.70. The molecule has 2 aliphatic rings. The number of piperidine rings is 1. The molecule has 0 aliphatic carbocycles. The van der Waals surface area contributed by atoms with E-state index in [-0.39, 0.29) is 35.5 Å². The van der Waals surface area contributed by atoms with Crippen LogP contribution in [0.3, 0.4) is 0 Å². The maximum atomic E-state index is 13.0. The largest absolute Gasteiger partial charge is 0.484 e. The number of nitrogens with zero attached hydrogens (tertiary/aromatic N) is 2. The number of hydrogen-bond acceptors (Lipinski definition) is 5. The van der Waals surface area contributed by atoms with Crippen LogP contribution in [0.25, 0.3) is 11.0 Å². The third kappa shape index (κ3) is 4.46. The lowest BCUT2D eigenvalue weighted by Crippen LogP contribution is -2.50. The molecule has 2 aromatic carbocycles. The second-order valence-corrected chi connectivity index (χ2v) is 10.1. The fourth-order valence-corrected chi connectivity index (χ4v) is 5.81. The fraction of sp³-hybridized carbons (Fsp3) is 0.300. The Morgan fingerprint density at radius 3 is 2.68 bits per heavy atom. The summed E-state index contributed by atoms with van der Waals surface area (Å²) >= 11 is 0. The number of carbonyl (C=O) groups excluding carboxylic acids is 1. The van der Waals surface area contributed by atoms with Crippen LogP contribution >= 0.6 is 0 Å². The van der Waals surface area contributed by atoms with E-state index < -0.39 is 0 Å². The Labute approximate surface area is 213 Å². The summed E-state index contributed by atoms with van der Waals surface area (Å²) in [4.78, 5) is 39.9. The fourth-order valence-electron chi connectivity index (χ4n) is 5.81.